The van der Waals surface area contributed by atoms with Crippen LogP contribution in [-0.4, -0.2) is 70.7 Å². The summed E-state index contributed by atoms with van der Waals surface area (Å²) in [6.07, 6.45) is 2.01. The number of aryl methyl sites for hydroxylation is 1. The number of rotatable bonds is 9. The van der Waals surface area contributed by atoms with Crippen molar-refractivity contribution in [3.63, 3.8) is 0 Å². The van der Waals surface area contributed by atoms with Gasteiger partial charge < -0.3 is 19.9 Å². The van der Waals surface area contributed by atoms with Gasteiger partial charge in [0.25, 0.3) is 0 Å². The summed E-state index contributed by atoms with van der Waals surface area (Å²) in [6.45, 7) is 6.74. The predicted molar refractivity (Wildman–Crippen MR) is 175 cm³/mol. The Balaban J connectivity index is 1.42. The number of carbonyl (C=O) groups excluding carboxylic acids is 2. The molecule has 2 saturated heterocycles. The van der Waals surface area contributed by atoms with Crippen LogP contribution in [0.5, 0.6) is 0 Å². The molecule has 1 aromatic heterocycles. The fourth-order valence-electron chi connectivity index (χ4n) is 6.01. The topological polar surface area (TPSA) is 77.7 Å². The highest BCUT2D eigenvalue weighted by atomic mass is 79.9. The fraction of sp³-hybridized carbons (Fsp3) is 0.333. The van der Waals surface area contributed by atoms with E-state index in [9.17, 15) is 9.59 Å². The van der Waals surface area contributed by atoms with E-state index < -0.39 is 10.8 Å². The first-order valence-corrected chi connectivity index (χ1v) is 16.5. The third-order valence-corrected chi connectivity index (χ3v) is 10.4. The molecule has 0 aliphatic carbocycles. The molecule has 4 aromatic rings. The van der Waals surface area contributed by atoms with Crippen LogP contribution < -0.4 is 5.32 Å². The second kappa shape index (κ2) is 13.0. The highest BCUT2D eigenvalue weighted by molar-refractivity contribution is 9.10. The second-order valence-electron chi connectivity index (χ2n) is 11.2. The molecule has 10 heteroatoms. The lowest BCUT2D eigenvalue weighted by molar-refractivity contribution is -0.129. The zero-order valence-corrected chi connectivity index (χ0v) is 27.1. The van der Waals surface area contributed by atoms with E-state index in [0.717, 1.165) is 56.6 Å². The Bertz CT molecular complexity index is 1610. The number of nitrogens with zero attached hydrogens (tertiary/aromatic N) is 2. The van der Waals surface area contributed by atoms with E-state index in [1.54, 1.807) is 0 Å². The summed E-state index contributed by atoms with van der Waals surface area (Å²) in [6, 6.07) is 21.3. The van der Waals surface area contributed by atoms with Gasteiger partial charge in [-0.05, 0) is 48.9 Å². The van der Waals surface area contributed by atoms with Gasteiger partial charge in [-0.2, -0.15) is 0 Å². The first kappa shape index (κ1) is 30.2. The maximum Gasteiger partial charge on any atom is 0.239 e. The highest BCUT2D eigenvalue weighted by Gasteiger charge is 2.58. The number of thioether (sulfide) groups is 1. The van der Waals surface area contributed by atoms with E-state index in [4.69, 9.17) is 16.3 Å². The van der Waals surface area contributed by atoms with Crippen LogP contribution >= 0.6 is 39.3 Å². The molecule has 224 valence electrons. The predicted octanol–water partition coefficient (Wildman–Crippen LogP) is 6.35. The van der Waals surface area contributed by atoms with Crippen LogP contribution in [0, 0.1) is 6.92 Å². The average molecular weight is 682 g/mol. The number of ether oxygens (including phenoxy) is 1. The van der Waals surface area contributed by atoms with Crippen LogP contribution in [0.15, 0.2) is 82.3 Å². The number of carbonyl (C=O) groups is 2. The minimum atomic E-state index is -1.11. The van der Waals surface area contributed by atoms with E-state index in [1.807, 2.05) is 84.8 Å². The van der Waals surface area contributed by atoms with Gasteiger partial charge in [0, 0.05) is 69.8 Å². The molecule has 0 unspecified atom stereocenters. The maximum atomic E-state index is 14.6. The first-order chi connectivity index (χ1) is 20.8. The molecule has 0 bridgehead atoms. The second-order valence-corrected chi connectivity index (χ2v) is 13.9. The molecule has 0 spiro atoms. The Kier molecular flexibility index (Phi) is 9.16. The third kappa shape index (κ3) is 6.51. The number of fused-ring (bicyclic) bond motifs is 1. The van der Waals surface area contributed by atoms with Gasteiger partial charge in [-0.15, -0.1) is 11.8 Å². The van der Waals surface area contributed by atoms with Crippen molar-refractivity contribution in [2.24, 2.45) is 0 Å². The summed E-state index contributed by atoms with van der Waals surface area (Å²) in [7, 11) is 0. The van der Waals surface area contributed by atoms with Gasteiger partial charge in [-0.25, -0.2) is 0 Å². The van der Waals surface area contributed by atoms with Crippen LogP contribution in [0.25, 0.3) is 10.9 Å². The lowest BCUT2D eigenvalue weighted by Crippen LogP contribution is -2.50. The molecule has 0 radical (unpaired) electrons. The van der Waals surface area contributed by atoms with Crippen LogP contribution in [-0.2, 0) is 20.9 Å². The zero-order chi connectivity index (χ0) is 30.0. The number of halogens is 2. The van der Waals surface area contributed by atoms with Gasteiger partial charge in [0.2, 0.25) is 11.8 Å². The Hall–Kier alpha value is -2.82. The van der Waals surface area contributed by atoms with Crippen LogP contribution in [0.1, 0.15) is 29.2 Å². The summed E-state index contributed by atoms with van der Waals surface area (Å²) in [4.78, 5) is 37.1. The molecule has 2 aliphatic heterocycles. The van der Waals surface area contributed by atoms with Crippen molar-refractivity contribution in [2.75, 3.05) is 39.4 Å². The summed E-state index contributed by atoms with van der Waals surface area (Å²) in [5, 5.41) is 4.81. The normalized spacial score (nSPS) is 21.0. The summed E-state index contributed by atoms with van der Waals surface area (Å²) in [5.74, 6) is -0.189. The van der Waals surface area contributed by atoms with E-state index >= 15 is 0 Å². The quantitative estimate of drug-likeness (QED) is 0.216. The highest BCUT2D eigenvalue weighted by Crippen LogP contribution is 2.54. The lowest BCUT2D eigenvalue weighted by Gasteiger charge is -2.36. The standard InChI is InChI=1S/C33H34BrClN4O3S/c1-22-2-9-26(10-3-22)43-33(32(41)36-12-13-38-14-16-42-17-15-38)19-30(40)39(21-23-4-6-24(34)7-5-23)31(33)28-20-37-29-18-25(35)8-11-27(28)29/h2-11,18,20,31,37H,12-17,19,21H2,1H3,(H,36,41)/t31-,33-/m0/s1. The zero-order valence-electron chi connectivity index (χ0n) is 23.9. The number of likely N-dealkylation sites (tertiary alicyclic amines) is 1. The average Bonchev–Trinajstić information content (AvgIpc) is 3.53. The van der Waals surface area contributed by atoms with Crippen molar-refractivity contribution in [1.29, 1.82) is 0 Å². The van der Waals surface area contributed by atoms with Crippen molar-refractivity contribution in [1.82, 2.24) is 20.1 Å². The lowest BCUT2D eigenvalue weighted by atomic mass is 9.91. The molecular formula is C33H34BrClN4O3S. The maximum absolute atomic E-state index is 14.6. The van der Waals surface area contributed by atoms with Gasteiger partial charge in [0.1, 0.15) is 4.75 Å². The number of hydrogen-bond donors (Lipinski definition) is 2. The molecule has 43 heavy (non-hydrogen) atoms. The molecule has 2 fully saturated rings. The molecule has 3 aromatic carbocycles. The Morgan fingerprint density at radius 1 is 1.12 bits per heavy atom. The smallest absolute Gasteiger partial charge is 0.239 e. The van der Waals surface area contributed by atoms with Gasteiger partial charge in [0.15, 0.2) is 0 Å². The summed E-state index contributed by atoms with van der Waals surface area (Å²) >= 11 is 11.3. The number of aromatic nitrogens is 1. The van der Waals surface area contributed by atoms with Crippen molar-refractivity contribution in [3.8, 4) is 0 Å². The molecule has 2 N–H and O–H groups in total. The summed E-state index contributed by atoms with van der Waals surface area (Å²) in [5.41, 5.74) is 3.90. The molecular weight excluding hydrogens is 648 g/mol. The molecule has 7 nitrogen and oxygen atoms in total. The molecule has 6 rings (SSSR count). The fourth-order valence-corrected chi connectivity index (χ4v) is 7.87. The van der Waals surface area contributed by atoms with Crippen molar-refractivity contribution in [2.45, 2.75) is 35.6 Å². The molecule has 0 saturated carbocycles. The van der Waals surface area contributed by atoms with E-state index in [0.29, 0.717) is 31.3 Å². The number of amides is 2. The van der Waals surface area contributed by atoms with Crippen LogP contribution in [0.4, 0.5) is 0 Å². The van der Waals surface area contributed by atoms with Gasteiger partial charge in [0.05, 0.1) is 25.7 Å². The Morgan fingerprint density at radius 3 is 2.60 bits per heavy atom. The number of aromatic amines is 1. The van der Waals surface area contributed by atoms with E-state index in [-0.39, 0.29) is 18.2 Å². The molecule has 3 heterocycles. The Labute approximate surface area is 269 Å². The van der Waals surface area contributed by atoms with Crippen molar-refractivity contribution in [3.05, 3.63) is 99.1 Å². The first-order valence-electron chi connectivity index (χ1n) is 14.5. The number of morpholine rings is 1. The largest absolute Gasteiger partial charge is 0.379 e. The molecule has 2 aliphatic rings. The van der Waals surface area contributed by atoms with Crippen molar-refractivity contribution < 1.29 is 14.3 Å². The monoisotopic (exact) mass is 680 g/mol. The number of nitrogens with one attached hydrogen (secondary N) is 2. The SMILES string of the molecule is Cc1ccc(S[C@@]2(C(=O)NCCN3CCOCC3)CC(=O)N(Cc3ccc(Br)cc3)[C@H]2c2c[nH]c3cc(Cl)ccc23)cc1. The van der Waals surface area contributed by atoms with E-state index in [2.05, 4.69) is 31.1 Å². The number of hydrogen-bond acceptors (Lipinski definition) is 5. The van der Waals surface area contributed by atoms with Crippen molar-refractivity contribution >= 4 is 62.0 Å². The number of H-pyrrole nitrogens is 1. The molecule has 2 amide bonds. The van der Waals surface area contributed by atoms with Gasteiger partial charge >= 0.3 is 0 Å². The third-order valence-electron chi connectivity index (χ3n) is 8.25. The summed E-state index contributed by atoms with van der Waals surface area (Å²) < 4.78 is 5.35. The Morgan fingerprint density at radius 2 is 1.86 bits per heavy atom. The molecule has 2 atom stereocenters. The van der Waals surface area contributed by atoms with E-state index in [1.165, 1.54) is 11.8 Å². The minimum absolute atomic E-state index is 0.0563. The van der Waals surface area contributed by atoms with Crippen LogP contribution in [0.3, 0.4) is 0 Å². The number of benzene rings is 3. The van der Waals surface area contributed by atoms with Gasteiger partial charge in [-0.3, -0.25) is 14.5 Å². The minimum Gasteiger partial charge on any atom is -0.379 e. The van der Waals surface area contributed by atoms with Gasteiger partial charge in [-0.1, -0.05) is 63.4 Å². The van der Waals surface area contributed by atoms with Crippen LogP contribution in [0.2, 0.25) is 5.02 Å².